The van der Waals surface area contributed by atoms with Gasteiger partial charge in [0.25, 0.3) is 0 Å². The summed E-state index contributed by atoms with van der Waals surface area (Å²) in [5, 5.41) is 6.74. The molecule has 0 aliphatic rings. The highest BCUT2D eigenvalue weighted by molar-refractivity contribution is 5.91. The topological polar surface area (TPSA) is 60.1 Å². The predicted octanol–water partition coefficient (Wildman–Crippen LogP) is 5.07. The van der Waals surface area contributed by atoms with Crippen LogP contribution < -0.4 is 5.32 Å². The number of amides is 1. The van der Waals surface area contributed by atoms with Crippen molar-refractivity contribution in [2.45, 2.75) is 19.4 Å². The third-order valence-electron chi connectivity index (χ3n) is 4.66. The number of anilines is 1. The monoisotopic (exact) mass is 371 g/mol. The van der Waals surface area contributed by atoms with Crippen molar-refractivity contribution in [1.29, 1.82) is 0 Å². The Hall–Kier alpha value is -3.60. The van der Waals surface area contributed by atoms with Gasteiger partial charge in [-0.1, -0.05) is 47.1 Å². The zero-order valence-corrected chi connectivity index (χ0v) is 15.6. The van der Waals surface area contributed by atoms with Crippen LogP contribution >= 0.6 is 0 Å². The first-order chi connectivity index (χ1) is 13.7. The number of benzene rings is 2. The van der Waals surface area contributed by atoms with Gasteiger partial charge in [0.15, 0.2) is 5.76 Å². The average Bonchev–Trinajstić information content (AvgIpc) is 3.40. The van der Waals surface area contributed by atoms with Crippen molar-refractivity contribution < 1.29 is 9.32 Å². The molecule has 1 N–H and O–H groups in total. The number of aromatic nitrogens is 2. The second-order valence-corrected chi connectivity index (χ2v) is 6.77. The van der Waals surface area contributed by atoms with E-state index in [1.54, 1.807) is 12.3 Å². The van der Waals surface area contributed by atoms with Gasteiger partial charge in [0.1, 0.15) is 0 Å². The number of rotatable bonds is 6. The largest absolute Gasteiger partial charge is 0.356 e. The summed E-state index contributed by atoms with van der Waals surface area (Å²) < 4.78 is 7.26. The maximum atomic E-state index is 12.8. The van der Waals surface area contributed by atoms with Gasteiger partial charge in [-0.2, -0.15) is 0 Å². The highest BCUT2D eigenvalue weighted by atomic mass is 16.5. The second-order valence-electron chi connectivity index (χ2n) is 6.77. The molecule has 0 saturated carbocycles. The molecular weight excluding hydrogens is 350 g/mol. The predicted molar refractivity (Wildman–Crippen MR) is 109 cm³/mol. The number of hydrogen-bond donors (Lipinski definition) is 1. The van der Waals surface area contributed by atoms with Gasteiger partial charge in [0.2, 0.25) is 5.91 Å². The lowest BCUT2D eigenvalue weighted by Crippen LogP contribution is -2.19. The van der Waals surface area contributed by atoms with E-state index in [2.05, 4.69) is 40.2 Å². The fourth-order valence-electron chi connectivity index (χ4n) is 3.33. The number of carbonyl (C=O) groups excluding carboxylic acids is 1. The minimum absolute atomic E-state index is 0.0464. The lowest BCUT2D eigenvalue weighted by atomic mass is 10.0. The Bertz CT molecular complexity index is 1050. The van der Waals surface area contributed by atoms with E-state index in [1.807, 2.05) is 54.9 Å². The van der Waals surface area contributed by atoms with Crippen LogP contribution in [0.5, 0.6) is 0 Å². The minimum Gasteiger partial charge on any atom is -0.356 e. The Labute approximate surface area is 163 Å². The van der Waals surface area contributed by atoms with Crippen LogP contribution in [0.4, 0.5) is 5.69 Å². The van der Waals surface area contributed by atoms with Crippen molar-refractivity contribution in [1.82, 2.24) is 9.72 Å². The molecule has 0 aliphatic carbocycles. The number of nitrogens with one attached hydrogen (secondary N) is 1. The van der Waals surface area contributed by atoms with Gasteiger partial charge in [-0.25, -0.2) is 0 Å². The molecule has 5 heteroatoms. The van der Waals surface area contributed by atoms with Crippen LogP contribution in [0.15, 0.2) is 89.8 Å². The highest BCUT2D eigenvalue weighted by Gasteiger charge is 2.18. The van der Waals surface area contributed by atoms with Crippen LogP contribution in [0.1, 0.15) is 23.6 Å². The molecule has 0 spiro atoms. The number of carbonyl (C=O) groups is 1. The lowest BCUT2D eigenvalue weighted by Gasteiger charge is -2.20. The van der Waals surface area contributed by atoms with E-state index in [0.717, 1.165) is 16.8 Å². The zero-order chi connectivity index (χ0) is 19.3. The van der Waals surface area contributed by atoms with E-state index in [0.29, 0.717) is 12.2 Å². The molecule has 0 saturated heterocycles. The molecule has 4 rings (SSSR count). The Balaban J connectivity index is 1.53. The molecule has 0 bridgehead atoms. The Kier molecular flexibility index (Phi) is 5.06. The molecule has 2 heterocycles. The zero-order valence-electron chi connectivity index (χ0n) is 15.6. The fourth-order valence-corrected chi connectivity index (χ4v) is 3.33. The molecule has 5 nitrogen and oxygen atoms in total. The lowest BCUT2D eigenvalue weighted by molar-refractivity contribution is -0.116. The normalized spacial score (nSPS) is 11.9. The van der Waals surface area contributed by atoms with E-state index >= 15 is 0 Å². The number of nitrogens with zero attached hydrogens (tertiary/aromatic N) is 2. The molecule has 28 heavy (non-hydrogen) atoms. The first kappa shape index (κ1) is 17.8. The first-order valence-electron chi connectivity index (χ1n) is 9.19. The summed E-state index contributed by atoms with van der Waals surface area (Å²) >= 11 is 0. The summed E-state index contributed by atoms with van der Waals surface area (Å²) in [5.74, 6) is 0.621. The van der Waals surface area contributed by atoms with E-state index in [-0.39, 0.29) is 11.9 Å². The molecule has 4 aromatic rings. The highest BCUT2D eigenvalue weighted by Crippen LogP contribution is 2.25. The van der Waals surface area contributed by atoms with E-state index < -0.39 is 0 Å². The van der Waals surface area contributed by atoms with Gasteiger partial charge in [0.05, 0.1) is 18.7 Å². The van der Waals surface area contributed by atoms with Gasteiger partial charge >= 0.3 is 0 Å². The van der Waals surface area contributed by atoms with Crippen molar-refractivity contribution in [3.8, 4) is 11.3 Å². The average molecular weight is 371 g/mol. The van der Waals surface area contributed by atoms with Crippen molar-refractivity contribution in [2.24, 2.45) is 0 Å². The maximum absolute atomic E-state index is 12.8. The van der Waals surface area contributed by atoms with Gasteiger partial charge in [-0.05, 0) is 36.8 Å². The molecule has 0 fully saturated rings. The van der Waals surface area contributed by atoms with Crippen molar-refractivity contribution in [3.63, 3.8) is 0 Å². The number of aryl methyl sites for hydroxylation is 1. The van der Waals surface area contributed by atoms with E-state index in [4.69, 9.17) is 4.52 Å². The molecule has 0 aliphatic heterocycles. The van der Waals surface area contributed by atoms with Gasteiger partial charge in [-0.15, -0.1) is 0 Å². The summed E-state index contributed by atoms with van der Waals surface area (Å²) in [6, 6.07) is 21.5. The van der Waals surface area contributed by atoms with E-state index in [9.17, 15) is 4.79 Å². The second kappa shape index (κ2) is 7.96. The smallest absolute Gasteiger partial charge is 0.226 e. The van der Waals surface area contributed by atoms with Crippen LogP contribution in [-0.2, 0) is 4.79 Å². The molecule has 2 aromatic heterocycles. The molecule has 0 radical (unpaired) electrons. The fraction of sp³-hybridized carbons (Fsp3) is 0.130. The van der Waals surface area contributed by atoms with Crippen LogP contribution in [-0.4, -0.2) is 15.6 Å². The van der Waals surface area contributed by atoms with Crippen LogP contribution in [0.2, 0.25) is 0 Å². The summed E-state index contributed by atoms with van der Waals surface area (Å²) in [7, 11) is 0. The molecule has 1 amide bonds. The summed E-state index contributed by atoms with van der Waals surface area (Å²) in [6.45, 7) is 2.06. The van der Waals surface area contributed by atoms with Crippen LogP contribution in [0.25, 0.3) is 11.3 Å². The Morgan fingerprint density at radius 1 is 1.07 bits per heavy atom. The van der Waals surface area contributed by atoms with Crippen molar-refractivity contribution in [3.05, 3.63) is 96.4 Å². The van der Waals surface area contributed by atoms with Crippen molar-refractivity contribution in [2.75, 3.05) is 5.32 Å². The molecule has 140 valence electrons. The minimum atomic E-state index is -0.0626. The van der Waals surface area contributed by atoms with Crippen LogP contribution in [0, 0.1) is 6.92 Å². The Morgan fingerprint density at radius 2 is 1.89 bits per heavy atom. The standard InChI is InChI=1S/C23H21N3O2/c1-17-6-4-7-18(14-17)21(26-12-2-3-13-26)16-23(27)25-20-9-5-8-19(15-20)22-10-11-24-28-22/h2-15,21H,16H2,1H3,(H,25,27). The quantitative estimate of drug-likeness (QED) is 0.515. The molecule has 2 aromatic carbocycles. The van der Waals surface area contributed by atoms with Gasteiger partial charge in [0, 0.05) is 29.7 Å². The first-order valence-corrected chi connectivity index (χ1v) is 9.19. The summed E-state index contributed by atoms with van der Waals surface area (Å²) in [4.78, 5) is 12.8. The molecular formula is C23H21N3O2. The van der Waals surface area contributed by atoms with Crippen molar-refractivity contribution >= 4 is 11.6 Å². The van der Waals surface area contributed by atoms with Crippen LogP contribution in [0.3, 0.4) is 0 Å². The summed E-state index contributed by atoms with van der Waals surface area (Å²) in [5.41, 5.74) is 3.89. The SMILES string of the molecule is Cc1cccc(C(CC(=O)Nc2cccc(-c3ccno3)c2)n2cccc2)c1. The Morgan fingerprint density at radius 3 is 2.64 bits per heavy atom. The third kappa shape index (κ3) is 4.04. The molecule has 1 unspecified atom stereocenters. The summed E-state index contributed by atoms with van der Waals surface area (Å²) in [6.07, 6.45) is 5.92. The third-order valence-corrected chi connectivity index (χ3v) is 4.66. The number of hydrogen-bond acceptors (Lipinski definition) is 3. The van der Waals surface area contributed by atoms with Gasteiger partial charge < -0.3 is 14.4 Å². The molecule has 1 atom stereocenters. The maximum Gasteiger partial charge on any atom is 0.226 e. The van der Waals surface area contributed by atoms with E-state index in [1.165, 1.54) is 5.56 Å². The van der Waals surface area contributed by atoms with Gasteiger partial charge in [-0.3, -0.25) is 4.79 Å².